The standard InChI is InChI=1S/C13H21N3OS/c1-3-13(5-4-6-16-13)12(17)15-9-10(2)11-14-7-8-18-11/h7-8,10,16H,3-6,9H2,1-2H3,(H,15,17). The molecular formula is C13H21N3OS. The van der Waals surface area contributed by atoms with E-state index in [4.69, 9.17) is 0 Å². The van der Waals surface area contributed by atoms with Gasteiger partial charge in [-0.15, -0.1) is 11.3 Å². The second-order valence-corrected chi connectivity index (χ2v) is 5.87. The Bertz CT molecular complexity index is 385. The number of rotatable bonds is 5. The molecule has 1 fully saturated rings. The van der Waals surface area contributed by atoms with E-state index in [2.05, 4.69) is 29.5 Å². The minimum Gasteiger partial charge on any atom is -0.354 e. The maximum Gasteiger partial charge on any atom is 0.240 e. The van der Waals surface area contributed by atoms with E-state index in [1.807, 2.05) is 11.6 Å². The molecule has 2 N–H and O–H groups in total. The average molecular weight is 267 g/mol. The first-order chi connectivity index (χ1) is 8.68. The van der Waals surface area contributed by atoms with Crippen molar-refractivity contribution in [3.8, 4) is 0 Å². The summed E-state index contributed by atoms with van der Waals surface area (Å²) in [6.07, 6.45) is 4.69. The van der Waals surface area contributed by atoms with E-state index in [1.54, 1.807) is 11.3 Å². The van der Waals surface area contributed by atoms with Crippen molar-refractivity contribution in [1.82, 2.24) is 15.6 Å². The van der Waals surface area contributed by atoms with E-state index in [0.717, 1.165) is 30.8 Å². The van der Waals surface area contributed by atoms with Crippen LogP contribution in [0, 0.1) is 0 Å². The highest BCUT2D eigenvalue weighted by atomic mass is 32.1. The van der Waals surface area contributed by atoms with Crippen LogP contribution in [0.1, 0.15) is 44.0 Å². The van der Waals surface area contributed by atoms with Crippen LogP contribution >= 0.6 is 11.3 Å². The van der Waals surface area contributed by atoms with Gasteiger partial charge in [0.2, 0.25) is 5.91 Å². The van der Waals surface area contributed by atoms with E-state index in [-0.39, 0.29) is 17.4 Å². The Morgan fingerprint density at radius 1 is 1.72 bits per heavy atom. The molecule has 100 valence electrons. The predicted molar refractivity (Wildman–Crippen MR) is 73.8 cm³/mol. The lowest BCUT2D eigenvalue weighted by atomic mass is 9.93. The molecule has 0 radical (unpaired) electrons. The van der Waals surface area contributed by atoms with E-state index < -0.39 is 0 Å². The van der Waals surface area contributed by atoms with Gasteiger partial charge in [0.15, 0.2) is 0 Å². The summed E-state index contributed by atoms with van der Waals surface area (Å²) in [5.41, 5.74) is -0.331. The number of aromatic nitrogens is 1. The molecular weight excluding hydrogens is 246 g/mol. The van der Waals surface area contributed by atoms with Crippen LogP contribution in [0.25, 0.3) is 0 Å². The lowest BCUT2D eigenvalue weighted by molar-refractivity contribution is -0.127. The number of nitrogens with zero attached hydrogens (tertiary/aromatic N) is 1. The zero-order valence-corrected chi connectivity index (χ0v) is 11.8. The van der Waals surface area contributed by atoms with Crippen LogP contribution in [-0.4, -0.2) is 29.5 Å². The van der Waals surface area contributed by atoms with Gasteiger partial charge in [0.05, 0.1) is 10.5 Å². The monoisotopic (exact) mass is 267 g/mol. The van der Waals surface area contributed by atoms with Crippen LogP contribution < -0.4 is 10.6 Å². The third-order valence-electron chi connectivity index (χ3n) is 3.72. The second kappa shape index (κ2) is 5.80. The van der Waals surface area contributed by atoms with Gasteiger partial charge in [-0.2, -0.15) is 0 Å². The van der Waals surface area contributed by atoms with Crippen LogP contribution in [0.3, 0.4) is 0 Å². The predicted octanol–water partition coefficient (Wildman–Crippen LogP) is 1.89. The van der Waals surface area contributed by atoms with Gasteiger partial charge in [0.1, 0.15) is 0 Å². The molecule has 2 atom stereocenters. The summed E-state index contributed by atoms with van der Waals surface area (Å²) >= 11 is 1.64. The van der Waals surface area contributed by atoms with E-state index >= 15 is 0 Å². The molecule has 18 heavy (non-hydrogen) atoms. The summed E-state index contributed by atoms with van der Waals surface area (Å²) in [7, 11) is 0. The molecule has 0 bridgehead atoms. The zero-order chi connectivity index (χ0) is 13.0. The summed E-state index contributed by atoms with van der Waals surface area (Å²) < 4.78 is 0. The Hall–Kier alpha value is -0.940. The summed E-state index contributed by atoms with van der Waals surface area (Å²) in [6.45, 7) is 5.78. The molecule has 0 aromatic carbocycles. The molecule has 2 unspecified atom stereocenters. The van der Waals surface area contributed by atoms with Crippen molar-refractivity contribution in [3.63, 3.8) is 0 Å². The number of nitrogens with one attached hydrogen (secondary N) is 2. The van der Waals surface area contributed by atoms with Crippen molar-refractivity contribution in [2.24, 2.45) is 0 Å². The highest BCUT2D eigenvalue weighted by Crippen LogP contribution is 2.23. The van der Waals surface area contributed by atoms with Crippen molar-refractivity contribution >= 4 is 17.2 Å². The Morgan fingerprint density at radius 3 is 3.11 bits per heavy atom. The first kappa shape index (κ1) is 13.5. The number of amides is 1. The van der Waals surface area contributed by atoms with Crippen molar-refractivity contribution in [2.75, 3.05) is 13.1 Å². The summed E-state index contributed by atoms with van der Waals surface area (Å²) in [5.74, 6) is 0.426. The fraction of sp³-hybridized carbons (Fsp3) is 0.692. The highest BCUT2D eigenvalue weighted by Gasteiger charge is 2.38. The van der Waals surface area contributed by atoms with Crippen LogP contribution in [-0.2, 0) is 4.79 Å². The molecule has 1 saturated heterocycles. The summed E-state index contributed by atoms with van der Waals surface area (Å²) in [4.78, 5) is 16.6. The van der Waals surface area contributed by atoms with Crippen molar-refractivity contribution in [1.29, 1.82) is 0 Å². The molecule has 1 aromatic heterocycles. The van der Waals surface area contributed by atoms with Gasteiger partial charge >= 0.3 is 0 Å². The molecule has 1 aliphatic rings. The third-order valence-corrected chi connectivity index (χ3v) is 4.73. The average Bonchev–Trinajstić information content (AvgIpc) is 3.06. The first-order valence-electron chi connectivity index (χ1n) is 6.60. The molecule has 2 heterocycles. The first-order valence-corrected chi connectivity index (χ1v) is 7.48. The third kappa shape index (κ3) is 2.72. The fourth-order valence-electron chi connectivity index (χ4n) is 2.44. The van der Waals surface area contributed by atoms with Gasteiger partial charge in [0, 0.05) is 24.0 Å². The van der Waals surface area contributed by atoms with Crippen LogP contribution in [0.5, 0.6) is 0 Å². The zero-order valence-electron chi connectivity index (χ0n) is 11.0. The Morgan fingerprint density at radius 2 is 2.56 bits per heavy atom. The minimum atomic E-state index is -0.331. The highest BCUT2D eigenvalue weighted by molar-refractivity contribution is 7.09. The molecule has 1 amide bonds. The van der Waals surface area contributed by atoms with Gasteiger partial charge < -0.3 is 10.6 Å². The molecule has 5 heteroatoms. The fourth-order valence-corrected chi connectivity index (χ4v) is 3.14. The van der Waals surface area contributed by atoms with Crippen LogP contribution in [0.15, 0.2) is 11.6 Å². The Balaban J connectivity index is 1.88. The number of hydrogen-bond donors (Lipinski definition) is 2. The van der Waals surface area contributed by atoms with Crippen molar-refractivity contribution in [2.45, 2.75) is 44.6 Å². The largest absolute Gasteiger partial charge is 0.354 e. The minimum absolute atomic E-state index is 0.144. The lowest BCUT2D eigenvalue weighted by Crippen LogP contribution is -2.53. The normalized spacial score (nSPS) is 25.0. The topological polar surface area (TPSA) is 54.0 Å². The lowest BCUT2D eigenvalue weighted by Gasteiger charge is -2.27. The molecule has 1 aromatic rings. The van der Waals surface area contributed by atoms with Gasteiger partial charge in [0.25, 0.3) is 0 Å². The van der Waals surface area contributed by atoms with Gasteiger partial charge in [-0.25, -0.2) is 4.98 Å². The quantitative estimate of drug-likeness (QED) is 0.856. The Kier molecular flexibility index (Phi) is 4.35. The molecule has 2 rings (SSSR count). The van der Waals surface area contributed by atoms with E-state index in [0.29, 0.717) is 6.54 Å². The molecule has 1 aliphatic heterocycles. The second-order valence-electron chi connectivity index (χ2n) is 4.95. The van der Waals surface area contributed by atoms with Gasteiger partial charge in [-0.3, -0.25) is 4.79 Å². The van der Waals surface area contributed by atoms with Gasteiger partial charge in [-0.1, -0.05) is 13.8 Å². The summed E-state index contributed by atoms with van der Waals surface area (Å²) in [6, 6.07) is 0. The Labute approximate surface area is 112 Å². The molecule has 0 aliphatic carbocycles. The van der Waals surface area contributed by atoms with Crippen molar-refractivity contribution < 1.29 is 4.79 Å². The van der Waals surface area contributed by atoms with Gasteiger partial charge in [-0.05, 0) is 25.8 Å². The van der Waals surface area contributed by atoms with E-state index in [9.17, 15) is 4.79 Å². The number of hydrogen-bond acceptors (Lipinski definition) is 4. The summed E-state index contributed by atoms with van der Waals surface area (Å²) in [5, 5.41) is 9.48. The SMILES string of the molecule is CCC1(C(=O)NCC(C)c2nccs2)CCCN1. The molecule has 0 spiro atoms. The molecule has 4 nitrogen and oxygen atoms in total. The van der Waals surface area contributed by atoms with E-state index in [1.165, 1.54) is 0 Å². The smallest absolute Gasteiger partial charge is 0.240 e. The number of carbonyl (C=O) groups is 1. The number of thiazole rings is 1. The molecule has 0 saturated carbocycles. The van der Waals surface area contributed by atoms with Crippen LogP contribution in [0.2, 0.25) is 0 Å². The van der Waals surface area contributed by atoms with Crippen molar-refractivity contribution in [3.05, 3.63) is 16.6 Å². The van der Waals surface area contributed by atoms with Crippen LogP contribution in [0.4, 0.5) is 0 Å². The maximum absolute atomic E-state index is 12.3. The maximum atomic E-state index is 12.3. The number of carbonyl (C=O) groups excluding carboxylic acids is 1.